The van der Waals surface area contributed by atoms with Gasteiger partial charge in [-0.15, -0.1) is 0 Å². The molecule has 1 saturated heterocycles. The van der Waals surface area contributed by atoms with Crippen LogP contribution in [0.3, 0.4) is 0 Å². The van der Waals surface area contributed by atoms with Gasteiger partial charge in [0.2, 0.25) is 5.91 Å². The molecule has 1 aliphatic rings. The molecule has 0 unspecified atom stereocenters. The van der Waals surface area contributed by atoms with Crippen molar-refractivity contribution in [3.8, 4) is 0 Å². The number of aliphatic hydroxyl groups excluding tert-OH is 1. The van der Waals surface area contributed by atoms with E-state index in [1.54, 1.807) is 4.90 Å². The van der Waals surface area contributed by atoms with Crippen LogP contribution >= 0.6 is 0 Å². The van der Waals surface area contributed by atoms with Crippen molar-refractivity contribution >= 4 is 5.91 Å². The zero-order chi connectivity index (χ0) is 9.84. The van der Waals surface area contributed by atoms with E-state index in [0.717, 1.165) is 6.42 Å². The summed E-state index contributed by atoms with van der Waals surface area (Å²) in [7, 11) is 0. The molecule has 1 fully saturated rings. The van der Waals surface area contributed by atoms with Gasteiger partial charge in [0.15, 0.2) is 0 Å². The van der Waals surface area contributed by atoms with E-state index in [4.69, 9.17) is 5.73 Å². The first kappa shape index (κ1) is 10.5. The van der Waals surface area contributed by atoms with Crippen LogP contribution in [0.15, 0.2) is 0 Å². The summed E-state index contributed by atoms with van der Waals surface area (Å²) in [4.78, 5) is 13.0. The van der Waals surface area contributed by atoms with Crippen molar-refractivity contribution < 1.29 is 9.90 Å². The van der Waals surface area contributed by atoms with E-state index < -0.39 is 0 Å². The topological polar surface area (TPSA) is 66.6 Å². The van der Waals surface area contributed by atoms with E-state index in [9.17, 15) is 9.90 Å². The summed E-state index contributed by atoms with van der Waals surface area (Å²) >= 11 is 0. The molecule has 1 aliphatic heterocycles. The number of nitrogens with two attached hydrogens (primary N) is 1. The molecule has 0 aliphatic carbocycles. The van der Waals surface area contributed by atoms with Crippen LogP contribution in [-0.4, -0.2) is 41.7 Å². The van der Waals surface area contributed by atoms with Crippen molar-refractivity contribution in [2.75, 3.05) is 19.6 Å². The highest BCUT2D eigenvalue weighted by Crippen LogP contribution is 2.19. The Kier molecular flexibility index (Phi) is 3.69. The Labute approximate surface area is 78.7 Å². The number of likely N-dealkylation sites (tertiary alicyclic amines) is 1. The molecule has 2 atom stereocenters. The van der Waals surface area contributed by atoms with Crippen LogP contribution in [0.1, 0.15) is 19.8 Å². The second kappa shape index (κ2) is 4.58. The number of piperidine rings is 1. The van der Waals surface area contributed by atoms with Crippen molar-refractivity contribution in [1.29, 1.82) is 0 Å². The number of carbonyl (C=O) groups is 1. The van der Waals surface area contributed by atoms with Crippen LogP contribution in [0, 0.1) is 5.92 Å². The van der Waals surface area contributed by atoms with E-state index >= 15 is 0 Å². The molecule has 0 radical (unpaired) electrons. The highest BCUT2D eigenvalue weighted by molar-refractivity contribution is 5.78. The van der Waals surface area contributed by atoms with Crippen molar-refractivity contribution in [3.63, 3.8) is 0 Å². The first-order valence-electron chi connectivity index (χ1n) is 4.85. The molecule has 0 aromatic carbocycles. The fourth-order valence-electron chi connectivity index (χ4n) is 1.78. The summed E-state index contributed by atoms with van der Waals surface area (Å²) in [5.41, 5.74) is 5.27. The fraction of sp³-hybridized carbons (Fsp3) is 0.889. The average Bonchev–Trinajstić information content (AvgIpc) is 2.17. The molecule has 13 heavy (non-hydrogen) atoms. The van der Waals surface area contributed by atoms with Gasteiger partial charge < -0.3 is 15.7 Å². The molecule has 76 valence electrons. The fourth-order valence-corrected chi connectivity index (χ4v) is 1.78. The van der Waals surface area contributed by atoms with Crippen LogP contribution in [0.2, 0.25) is 0 Å². The summed E-state index contributed by atoms with van der Waals surface area (Å²) in [6.07, 6.45) is 1.35. The van der Waals surface area contributed by atoms with Gasteiger partial charge in [-0.1, -0.05) is 6.92 Å². The van der Waals surface area contributed by atoms with Gasteiger partial charge in [-0.05, 0) is 12.8 Å². The minimum atomic E-state index is -0.244. The SMILES string of the molecule is CC[C@@H]1CN(C(=O)CN)CC[C@@H]1O. The van der Waals surface area contributed by atoms with E-state index in [2.05, 4.69) is 0 Å². The van der Waals surface area contributed by atoms with E-state index in [1.165, 1.54) is 0 Å². The lowest BCUT2D eigenvalue weighted by Crippen LogP contribution is -2.47. The zero-order valence-electron chi connectivity index (χ0n) is 8.07. The molecule has 4 heteroatoms. The average molecular weight is 186 g/mol. The van der Waals surface area contributed by atoms with Crippen LogP contribution < -0.4 is 5.73 Å². The summed E-state index contributed by atoms with van der Waals surface area (Å²) in [6, 6.07) is 0. The zero-order valence-corrected chi connectivity index (χ0v) is 8.07. The van der Waals surface area contributed by atoms with Gasteiger partial charge in [0.05, 0.1) is 12.6 Å². The second-order valence-electron chi connectivity index (χ2n) is 3.57. The minimum Gasteiger partial charge on any atom is -0.393 e. The Hall–Kier alpha value is -0.610. The highest BCUT2D eigenvalue weighted by Gasteiger charge is 2.28. The van der Waals surface area contributed by atoms with Crippen molar-refractivity contribution in [2.24, 2.45) is 11.7 Å². The first-order valence-corrected chi connectivity index (χ1v) is 4.85. The highest BCUT2D eigenvalue weighted by atomic mass is 16.3. The number of hydrogen-bond acceptors (Lipinski definition) is 3. The standard InChI is InChI=1S/C9H18N2O2/c1-2-7-6-11(9(13)5-10)4-3-8(7)12/h7-8,12H,2-6,10H2,1H3/t7-,8+/m1/s1. The number of nitrogens with zero attached hydrogens (tertiary/aromatic N) is 1. The third-order valence-corrected chi connectivity index (χ3v) is 2.75. The molecule has 4 nitrogen and oxygen atoms in total. The number of rotatable bonds is 2. The maximum absolute atomic E-state index is 11.3. The van der Waals surface area contributed by atoms with E-state index in [0.29, 0.717) is 19.5 Å². The molecule has 0 spiro atoms. The molecule has 0 aromatic rings. The molecule has 1 amide bonds. The predicted molar refractivity (Wildman–Crippen MR) is 50.0 cm³/mol. The molecule has 0 saturated carbocycles. The number of aliphatic hydroxyl groups is 1. The Bertz CT molecular complexity index is 184. The van der Waals surface area contributed by atoms with Gasteiger partial charge in [0.25, 0.3) is 0 Å². The van der Waals surface area contributed by atoms with Crippen LogP contribution in [-0.2, 0) is 4.79 Å². The van der Waals surface area contributed by atoms with Gasteiger partial charge >= 0.3 is 0 Å². The van der Waals surface area contributed by atoms with Crippen LogP contribution in [0.5, 0.6) is 0 Å². The molecule has 1 heterocycles. The largest absolute Gasteiger partial charge is 0.393 e. The summed E-state index contributed by atoms with van der Waals surface area (Å²) in [5, 5.41) is 9.57. The van der Waals surface area contributed by atoms with Gasteiger partial charge in [-0.3, -0.25) is 4.79 Å². The number of carbonyl (C=O) groups excluding carboxylic acids is 1. The smallest absolute Gasteiger partial charge is 0.236 e. The number of amides is 1. The van der Waals surface area contributed by atoms with Gasteiger partial charge in [0, 0.05) is 19.0 Å². The molecule has 0 aromatic heterocycles. The lowest BCUT2D eigenvalue weighted by Gasteiger charge is -2.35. The number of hydrogen-bond donors (Lipinski definition) is 2. The molecule has 1 rings (SSSR count). The maximum Gasteiger partial charge on any atom is 0.236 e. The quantitative estimate of drug-likeness (QED) is 0.614. The summed E-state index contributed by atoms with van der Waals surface area (Å²) < 4.78 is 0. The Morgan fingerprint density at radius 1 is 1.69 bits per heavy atom. The summed E-state index contributed by atoms with van der Waals surface area (Å²) in [5.74, 6) is 0.217. The second-order valence-corrected chi connectivity index (χ2v) is 3.57. The molecule has 3 N–H and O–H groups in total. The minimum absolute atomic E-state index is 0.00894. The van der Waals surface area contributed by atoms with Crippen molar-refractivity contribution in [2.45, 2.75) is 25.9 Å². The van der Waals surface area contributed by atoms with Gasteiger partial charge in [-0.25, -0.2) is 0 Å². The predicted octanol–water partition coefficient (Wildman–Crippen LogP) is -0.435. The van der Waals surface area contributed by atoms with E-state index in [1.807, 2.05) is 6.92 Å². The van der Waals surface area contributed by atoms with Crippen molar-refractivity contribution in [1.82, 2.24) is 4.90 Å². The lowest BCUT2D eigenvalue weighted by molar-refractivity contribution is -0.133. The third kappa shape index (κ3) is 2.42. The Balaban J connectivity index is 2.49. The lowest BCUT2D eigenvalue weighted by atomic mass is 9.92. The molecular formula is C9H18N2O2. The van der Waals surface area contributed by atoms with Gasteiger partial charge in [0.1, 0.15) is 0 Å². The van der Waals surface area contributed by atoms with Crippen LogP contribution in [0.4, 0.5) is 0 Å². The van der Waals surface area contributed by atoms with Crippen LogP contribution in [0.25, 0.3) is 0 Å². The molecular weight excluding hydrogens is 168 g/mol. The van der Waals surface area contributed by atoms with E-state index in [-0.39, 0.29) is 24.5 Å². The van der Waals surface area contributed by atoms with Gasteiger partial charge in [-0.2, -0.15) is 0 Å². The van der Waals surface area contributed by atoms with Crippen molar-refractivity contribution in [3.05, 3.63) is 0 Å². The normalized spacial score (nSPS) is 29.0. The maximum atomic E-state index is 11.3. The molecule has 0 bridgehead atoms. The Morgan fingerprint density at radius 2 is 2.38 bits per heavy atom. The monoisotopic (exact) mass is 186 g/mol. The summed E-state index contributed by atoms with van der Waals surface area (Å²) in [6.45, 7) is 3.41. The third-order valence-electron chi connectivity index (χ3n) is 2.75. The Morgan fingerprint density at radius 3 is 2.92 bits per heavy atom. The first-order chi connectivity index (χ1) is 6.19.